The topological polar surface area (TPSA) is 58.2 Å². The number of carbonyl (C=O) groups excluding carboxylic acids is 2. The Balaban J connectivity index is 2.30. The lowest BCUT2D eigenvalue weighted by Gasteiger charge is -2.08. The molecule has 19 heavy (non-hydrogen) atoms. The molecule has 0 saturated heterocycles. The van der Waals surface area contributed by atoms with Gasteiger partial charge in [-0.1, -0.05) is 43.7 Å². The van der Waals surface area contributed by atoms with Gasteiger partial charge >= 0.3 is 0 Å². The smallest absolute Gasteiger partial charge is 0.229 e. The van der Waals surface area contributed by atoms with Crippen molar-refractivity contribution in [2.24, 2.45) is 5.92 Å². The molecule has 0 spiro atoms. The van der Waals surface area contributed by atoms with Crippen molar-refractivity contribution in [1.29, 1.82) is 0 Å². The fraction of sp³-hybridized carbons (Fsp3) is 0.467. The van der Waals surface area contributed by atoms with E-state index >= 15 is 0 Å². The first-order valence-electron chi connectivity index (χ1n) is 6.56. The van der Waals surface area contributed by atoms with E-state index in [0.29, 0.717) is 19.0 Å². The van der Waals surface area contributed by atoms with Crippen LogP contribution in [0.1, 0.15) is 31.4 Å². The van der Waals surface area contributed by atoms with Gasteiger partial charge in [0.05, 0.1) is 0 Å². The van der Waals surface area contributed by atoms with Crippen LogP contribution in [-0.2, 0) is 16.1 Å². The molecule has 2 amide bonds. The highest BCUT2D eigenvalue weighted by Gasteiger charge is 2.09. The van der Waals surface area contributed by atoms with Crippen molar-refractivity contribution in [3.8, 4) is 0 Å². The van der Waals surface area contributed by atoms with Gasteiger partial charge < -0.3 is 10.6 Å². The summed E-state index contributed by atoms with van der Waals surface area (Å²) < 4.78 is 0. The van der Waals surface area contributed by atoms with Crippen LogP contribution in [0.15, 0.2) is 24.3 Å². The molecule has 0 aliphatic rings. The maximum atomic E-state index is 11.6. The molecule has 4 heteroatoms. The molecule has 0 heterocycles. The summed E-state index contributed by atoms with van der Waals surface area (Å²) in [5, 5.41) is 5.47. The van der Waals surface area contributed by atoms with Crippen molar-refractivity contribution in [3.05, 3.63) is 35.4 Å². The Morgan fingerprint density at radius 2 is 1.84 bits per heavy atom. The Labute approximate surface area is 114 Å². The Morgan fingerprint density at radius 1 is 1.16 bits per heavy atom. The van der Waals surface area contributed by atoms with Gasteiger partial charge in [-0.15, -0.1) is 0 Å². The molecule has 0 bridgehead atoms. The molecule has 0 aromatic heterocycles. The number of rotatable bonds is 6. The van der Waals surface area contributed by atoms with Crippen molar-refractivity contribution >= 4 is 11.8 Å². The zero-order chi connectivity index (χ0) is 14.3. The molecule has 104 valence electrons. The van der Waals surface area contributed by atoms with Crippen molar-refractivity contribution in [2.75, 3.05) is 6.54 Å². The van der Waals surface area contributed by atoms with Crippen molar-refractivity contribution < 1.29 is 9.59 Å². The second-order valence-corrected chi connectivity index (χ2v) is 5.14. The van der Waals surface area contributed by atoms with E-state index in [1.165, 1.54) is 0 Å². The molecule has 1 aromatic carbocycles. The molecule has 0 aliphatic carbocycles. The number of amides is 2. The number of benzene rings is 1. The molecule has 0 fully saturated rings. The van der Waals surface area contributed by atoms with Crippen LogP contribution in [0.2, 0.25) is 0 Å². The number of nitrogens with one attached hydrogen (secondary N) is 2. The lowest BCUT2D eigenvalue weighted by atomic mass is 10.1. The minimum atomic E-state index is -0.247. The van der Waals surface area contributed by atoms with Crippen LogP contribution in [0, 0.1) is 12.8 Å². The van der Waals surface area contributed by atoms with Crippen LogP contribution in [0.4, 0.5) is 0 Å². The van der Waals surface area contributed by atoms with Gasteiger partial charge in [0.2, 0.25) is 11.8 Å². The Hall–Kier alpha value is -1.84. The number of aryl methyl sites for hydroxylation is 1. The van der Waals surface area contributed by atoms with Crippen LogP contribution in [0.3, 0.4) is 0 Å². The molecule has 0 aliphatic heterocycles. The lowest BCUT2D eigenvalue weighted by molar-refractivity contribution is -0.129. The molecule has 1 aromatic rings. The van der Waals surface area contributed by atoms with E-state index < -0.39 is 0 Å². The maximum Gasteiger partial charge on any atom is 0.229 e. The van der Waals surface area contributed by atoms with Crippen LogP contribution < -0.4 is 10.6 Å². The summed E-state index contributed by atoms with van der Waals surface area (Å²) in [6.45, 7) is 7.09. The Kier molecular flexibility index (Phi) is 6.06. The highest BCUT2D eigenvalue weighted by Crippen LogP contribution is 2.03. The molecular formula is C15H22N2O2. The van der Waals surface area contributed by atoms with Gasteiger partial charge in [-0.05, 0) is 18.4 Å². The number of carbonyl (C=O) groups is 2. The van der Waals surface area contributed by atoms with Crippen molar-refractivity contribution in [1.82, 2.24) is 10.6 Å². The highest BCUT2D eigenvalue weighted by atomic mass is 16.2. The van der Waals surface area contributed by atoms with Crippen molar-refractivity contribution in [2.45, 2.75) is 33.7 Å². The normalized spacial score (nSPS) is 10.3. The zero-order valence-electron chi connectivity index (χ0n) is 11.8. The average Bonchev–Trinajstić information content (AvgIpc) is 2.34. The lowest BCUT2D eigenvalue weighted by Crippen LogP contribution is -2.33. The monoisotopic (exact) mass is 262 g/mol. The number of hydrogen-bond acceptors (Lipinski definition) is 2. The van der Waals surface area contributed by atoms with Gasteiger partial charge in [0.15, 0.2) is 0 Å². The summed E-state index contributed by atoms with van der Waals surface area (Å²) in [5.74, 6) is -0.0856. The molecule has 0 unspecified atom stereocenters. The summed E-state index contributed by atoms with van der Waals surface area (Å²) in [6.07, 6.45) is -0.113. The first kappa shape index (κ1) is 15.2. The molecular weight excluding hydrogens is 240 g/mol. The van der Waals surface area contributed by atoms with Crippen LogP contribution >= 0.6 is 0 Å². The molecule has 4 nitrogen and oxygen atoms in total. The van der Waals surface area contributed by atoms with E-state index in [2.05, 4.69) is 10.6 Å². The second kappa shape index (κ2) is 7.56. The van der Waals surface area contributed by atoms with Crippen LogP contribution in [-0.4, -0.2) is 18.4 Å². The minimum Gasteiger partial charge on any atom is -0.355 e. The van der Waals surface area contributed by atoms with Gasteiger partial charge in [0.1, 0.15) is 6.42 Å². The first-order chi connectivity index (χ1) is 8.97. The summed E-state index contributed by atoms with van der Waals surface area (Å²) in [7, 11) is 0. The summed E-state index contributed by atoms with van der Waals surface area (Å²) >= 11 is 0. The third-order valence-corrected chi connectivity index (χ3v) is 2.60. The second-order valence-electron chi connectivity index (χ2n) is 5.14. The van der Waals surface area contributed by atoms with Crippen LogP contribution in [0.25, 0.3) is 0 Å². The zero-order valence-corrected chi connectivity index (χ0v) is 11.8. The highest BCUT2D eigenvalue weighted by molar-refractivity contribution is 5.96. The maximum absolute atomic E-state index is 11.6. The van der Waals surface area contributed by atoms with Gasteiger partial charge in [-0.2, -0.15) is 0 Å². The largest absolute Gasteiger partial charge is 0.355 e. The summed E-state index contributed by atoms with van der Waals surface area (Å²) in [6, 6.07) is 7.92. The van der Waals surface area contributed by atoms with Gasteiger partial charge in [0, 0.05) is 13.1 Å². The molecule has 1 rings (SSSR count). The van der Waals surface area contributed by atoms with E-state index in [0.717, 1.165) is 11.1 Å². The van der Waals surface area contributed by atoms with E-state index in [9.17, 15) is 9.59 Å². The SMILES string of the molecule is Cc1cccc(CNC(=O)CC(=O)NCC(C)C)c1. The molecule has 0 atom stereocenters. The predicted octanol–water partition coefficient (Wildman–Crippen LogP) is 1.77. The van der Waals surface area contributed by atoms with Gasteiger partial charge in [-0.3, -0.25) is 9.59 Å². The Bertz CT molecular complexity index is 442. The Morgan fingerprint density at radius 3 is 2.47 bits per heavy atom. The number of hydrogen-bond donors (Lipinski definition) is 2. The first-order valence-corrected chi connectivity index (χ1v) is 6.56. The van der Waals surface area contributed by atoms with Crippen LogP contribution in [0.5, 0.6) is 0 Å². The quantitative estimate of drug-likeness (QED) is 0.768. The fourth-order valence-corrected chi connectivity index (χ4v) is 1.61. The van der Waals surface area contributed by atoms with E-state index in [-0.39, 0.29) is 18.2 Å². The minimum absolute atomic E-state index is 0.113. The van der Waals surface area contributed by atoms with Crippen molar-refractivity contribution in [3.63, 3.8) is 0 Å². The van der Waals surface area contributed by atoms with Gasteiger partial charge in [-0.25, -0.2) is 0 Å². The third kappa shape index (κ3) is 6.60. The fourth-order valence-electron chi connectivity index (χ4n) is 1.61. The van der Waals surface area contributed by atoms with E-state index in [1.807, 2.05) is 45.0 Å². The average molecular weight is 262 g/mol. The van der Waals surface area contributed by atoms with E-state index in [1.54, 1.807) is 0 Å². The molecule has 0 saturated carbocycles. The van der Waals surface area contributed by atoms with E-state index in [4.69, 9.17) is 0 Å². The predicted molar refractivity (Wildman–Crippen MR) is 75.5 cm³/mol. The third-order valence-electron chi connectivity index (χ3n) is 2.60. The molecule has 2 N–H and O–H groups in total. The molecule has 0 radical (unpaired) electrons. The van der Waals surface area contributed by atoms with Gasteiger partial charge in [0.25, 0.3) is 0 Å². The standard InChI is InChI=1S/C15H22N2O2/c1-11(2)9-16-14(18)8-15(19)17-10-13-6-4-5-12(3)7-13/h4-7,11H,8-10H2,1-3H3,(H,16,18)(H,17,19). The summed E-state index contributed by atoms with van der Waals surface area (Å²) in [5.41, 5.74) is 2.19. The summed E-state index contributed by atoms with van der Waals surface area (Å²) in [4.78, 5) is 23.0.